The van der Waals surface area contributed by atoms with Gasteiger partial charge in [0.15, 0.2) is 0 Å². The lowest BCUT2D eigenvalue weighted by molar-refractivity contribution is 0.0941. The highest BCUT2D eigenvalue weighted by molar-refractivity contribution is 6.41. The van der Waals surface area contributed by atoms with Crippen molar-refractivity contribution >= 4 is 203 Å². The van der Waals surface area contributed by atoms with Crippen molar-refractivity contribution in [3.63, 3.8) is 0 Å². The summed E-state index contributed by atoms with van der Waals surface area (Å²) in [6.45, 7) is 11.6. The van der Waals surface area contributed by atoms with E-state index in [4.69, 9.17) is 179 Å². The molecule has 0 saturated carbocycles. The number of carbonyl (C=O) groups excluding carboxylic acids is 2. The third kappa shape index (κ3) is 14.7. The van der Waals surface area contributed by atoms with E-state index in [0.717, 1.165) is 67.7 Å². The van der Waals surface area contributed by atoms with Crippen LogP contribution in [0.5, 0.6) is 28.7 Å². The van der Waals surface area contributed by atoms with E-state index in [0.29, 0.717) is 216 Å². The number of aromatic amines is 1. The van der Waals surface area contributed by atoms with Crippen LogP contribution in [0.25, 0.3) is 95.5 Å². The Labute approximate surface area is 680 Å². The van der Waals surface area contributed by atoms with Gasteiger partial charge in [-0.15, -0.1) is 0 Å². The van der Waals surface area contributed by atoms with Crippen LogP contribution in [0.4, 0.5) is 40.2 Å². The molecule has 0 fully saturated rings. The van der Waals surface area contributed by atoms with Gasteiger partial charge in [0.25, 0.3) is 0 Å². The fraction of sp³-hybridized carbons (Fsp3) is 0.189. The predicted octanol–water partition coefficient (Wildman–Crippen LogP) is 17.3. The Bertz CT molecular complexity index is 6060. The summed E-state index contributed by atoms with van der Waals surface area (Å²) in [5.74, 6) is 3.75. The zero-order valence-electron chi connectivity index (χ0n) is 58.6. The number of hydrogen-bond donors (Lipinski definition) is 7. The zero-order valence-corrected chi connectivity index (χ0v) is 66.1. The van der Waals surface area contributed by atoms with Crippen LogP contribution >= 0.6 is 116 Å². The van der Waals surface area contributed by atoms with Crippen molar-refractivity contribution in [3.05, 3.63) is 169 Å². The molecular weight excluding hydrogens is 1640 g/mol. The molecule has 13 N–H and O–H groups in total. The van der Waals surface area contributed by atoms with Gasteiger partial charge in [0.1, 0.15) is 68.1 Å². The first-order valence-corrected chi connectivity index (χ1v) is 37.3. The molecule has 0 bridgehead atoms. The van der Waals surface area contributed by atoms with Crippen molar-refractivity contribution < 1.29 is 38.0 Å². The number of anilines is 6. The van der Waals surface area contributed by atoms with Gasteiger partial charge in [-0.3, -0.25) is 9.36 Å². The Morgan fingerprint density at radius 1 is 0.459 bits per heavy atom. The highest BCUT2D eigenvalue weighted by Crippen LogP contribution is 2.51. The van der Waals surface area contributed by atoms with Crippen LogP contribution in [-0.2, 0) is 36.8 Å². The molecule has 0 unspecified atom stereocenters. The molecule has 0 amide bonds. The van der Waals surface area contributed by atoms with E-state index >= 15 is 0 Å². The van der Waals surface area contributed by atoms with Crippen LogP contribution in [0.15, 0.2) is 73.7 Å². The maximum atomic E-state index is 12.1. The highest BCUT2D eigenvalue weighted by Gasteiger charge is 2.33. The van der Waals surface area contributed by atoms with E-state index in [2.05, 4.69) is 61.4 Å². The van der Waals surface area contributed by atoms with Crippen LogP contribution in [0.3, 0.4) is 0 Å². The third-order valence-electron chi connectivity index (χ3n) is 18.2. The lowest BCUT2D eigenvalue weighted by Gasteiger charge is -2.14. The second kappa shape index (κ2) is 31.5. The molecule has 27 nitrogen and oxygen atoms in total. The number of carbonyl (C=O) groups is 2. The molecule has 0 atom stereocenters. The first-order valence-electron chi connectivity index (χ1n) is 33.5. The van der Waals surface area contributed by atoms with Gasteiger partial charge in [0, 0.05) is 125 Å². The van der Waals surface area contributed by atoms with Gasteiger partial charge in [0.05, 0.1) is 124 Å². The number of benzene rings is 5. The number of nitrogens with one attached hydrogen (secondary N) is 1. The lowest BCUT2D eigenvalue weighted by atomic mass is 10.0. The average molecular weight is 1700 g/mol. The van der Waals surface area contributed by atoms with E-state index in [9.17, 15) is 9.59 Å². The number of aromatic nitrogens is 13. The second-order valence-electron chi connectivity index (χ2n) is 25.1. The van der Waals surface area contributed by atoms with E-state index in [1.807, 2.05) is 19.2 Å². The quantitative estimate of drug-likeness (QED) is 0.0813. The monoisotopic (exact) mass is 1690 g/mol. The molecule has 8 aromatic heterocycles. The molecule has 5 aliphatic heterocycles. The summed E-state index contributed by atoms with van der Waals surface area (Å²) >= 11 is 63.0. The number of hydrogen-bond acceptors (Lipinski definition) is 24. The van der Waals surface area contributed by atoms with E-state index in [1.165, 1.54) is 23.2 Å². The second-order valence-corrected chi connectivity index (χ2v) is 29.2. The molecule has 111 heavy (non-hydrogen) atoms. The van der Waals surface area contributed by atoms with Crippen molar-refractivity contribution in [2.75, 3.05) is 74.5 Å². The van der Waals surface area contributed by atoms with Crippen LogP contribution in [0, 0.1) is 13.8 Å². The Kier molecular flexibility index (Phi) is 21.9. The van der Waals surface area contributed by atoms with E-state index < -0.39 is 6.09 Å². The summed E-state index contributed by atoms with van der Waals surface area (Å²) in [5, 5.41) is 4.76. The van der Waals surface area contributed by atoms with Crippen molar-refractivity contribution in [1.29, 1.82) is 0 Å². The minimum Gasteiger partial charge on any atom is -0.491 e. The minimum absolute atomic E-state index is 0.0730. The molecule has 5 aromatic carbocycles. The fourth-order valence-electron chi connectivity index (χ4n) is 13.7. The van der Waals surface area contributed by atoms with Crippen molar-refractivity contribution in [2.24, 2.45) is 0 Å². The Morgan fingerprint density at radius 2 is 0.820 bits per heavy atom. The number of nitrogen functional groups attached to an aromatic ring is 6. The number of fused-ring (bicyclic) bond motifs is 8. The van der Waals surface area contributed by atoms with Crippen molar-refractivity contribution in [2.45, 2.75) is 52.9 Å². The van der Waals surface area contributed by atoms with Crippen molar-refractivity contribution in [1.82, 2.24) is 64.0 Å². The first kappa shape index (κ1) is 77.4. The predicted molar refractivity (Wildman–Crippen MR) is 436 cm³/mol. The number of nitrogens with two attached hydrogens (primary N) is 6. The number of methoxy groups -OCH3 is 1. The number of H-pyrrole nitrogens is 1. The summed E-state index contributed by atoms with van der Waals surface area (Å²) in [6.07, 6.45) is 9.60. The summed E-state index contributed by atoms with van der Waals surface area (Å²) in [7, 11) is 1.30. The van der Waals surface area contributed by atoms with E-state index in [-0.39, 0.29) is 35.6 Å². The Balaban J connectivity index is 0.000000116. The van der Waals surface area contributed by atoms with Crippen molar-refractivity contribution in [3.8, 4) is 85.0 Å². The molecule has 0 spiro atoms. The smallest absolute Gasteiger partial charge is 0.418 e. The molecule has 568 valence electrons. The zero-order chi connectivity index (χ0) is 78.9. The third-order valence-corrected chi connectivity index (χ3v) is 21.1. The molecule has 0 aliphatic carbocycles. The van der Waals surface area contributed by atoms with Gasteiger partial charge in [-0.2, -0.15) is 0 Å². The maximum Gasteiger partial charge on any atom is 0.418 e. The summed E-state index contributed by atoms with van der Waals surface area (Å²) < 4.78 is 35.5. The molecule has 13 heterocycles. The molecule has 37 heteroatoms. The van der Waals surface area contributed by atoms with Crippen LogP contribution in [0.2, 0.25) is 50.2 Å². The Hall–Kier alpha value is -10.3. The summed E-state index contributed by atoms with van der Waals surface area (Å²) in [6, 6.07) is 13.4. The summed E-state index contributed by atoms with van der Waals surface area (Å²) in [4.78, 5) is 69.6. The Morgan fingerprint density at radius 3 is 1.24 bits per heavy atom. The van der Waals surface area contributed by atoms with Crippen LogP contribution in [-0.4, -0.2) is 116 Å². The number of halogens is 10. The molecular formula is C74H59Cl10N19O8. The lowest BCUT2D eigenvalue weighted by Crippen LogP contribution is -2.11. The molecule has 0 saturated heterocycles. The van der Waals surface area contributed by atoms with Gasteiger partial charge in [-0.05, 0) is 62.4 Å². The number of nitrogens with zero attached hydrogens (tertiary/aromatic N) is 12. The SMILES string of the molecule is C=Cc1c[nH]c2c(-c3c(Cl)cc(Cl)c4c3CCO4)nc(N)nc12.CC(=O)n1ccc2nc(N)nc(-c3c(Cl)cc(Cl)c4c3CCO4)c21.COC(=O)n1ccc2nc(N)nc(-c3c(Cl)cc(Cl)c4c3CCO4)c21.Cc1cc(-c2c(Cl)cc(Cl)c3c2CCO3)nc(N)n1.Cc1nc(N)nc(-c2c(Cl)cc(Cl)c3c2CCO3)c1N. The van der Waals surface area contributed by atoms with Gasteiger partial charge in [-0.25, -0.2) is 59.2 Å². The van der Waals surface area contributed by atoms with Gasteiger partial charge in [-0.1, -0.05) is 129 Å². The average Bonchev–Trinajstić information content (AvgIpc) is 1.65. The number of ether oxygens (including phenoxy) is 6. The van der Waals surface area contributed by atoms with Gasteiger partial charge in [0.2, 0.25) is 35.6 Å². The molecule has 0 radical (unpaired) electrons. The molecule has 5 aliphatic rings. The number of rotatable bonds is 6. The fourth-order valence-corrected chi connectivity index (χ4v) is 16.9. The standard InChI is InChI=1S/C16H12Cl2N4O3.C16H12Cl2N4O2.C16H12Cl2N4O.C13H12Cl2N4O.C13H11Cl2N3O/c1-24-16(23)22-4-2-10-13(22)12(21-15(19)20-10)11-7-3-5-25-14(7)9(18)6-8(11)17;1-7(23)22-4-2-11-14(22)13(21-16(19)20-11)12-8-3-5-24-15(8)10(18)6-9(12)17;1-2-7-6-20-14-12(7)21-16(19)22-13(14)11-8-3-4-23-15(8)10(18)5-9(11)17;1-5-10(16)11(19-13(17)18-5)9-6-2-3-20-12(6)8(15)4-7(9)14;1-6-4-10(18-13(16)17-6)11-7-2-3-19-12(7)9(15)5-8(11)14/h2,4,6H,3,5H2,1H3,(H2,19,20,21);2,4,6H,3,5H2,1H3,(H2,19,20,21);2,5-6,20H,1,3-4H2,(H2,19,21,22);4H,2-3,16H2,1H3,(H2,17,18,19);4-5H,2-3H2,1H3,(H2,16,17,18). The molecule has 13 aromatic rings. The number of aryl methyl sites for hydroxylation is 2. The molecule has 18 rings (SSSR count). The van der Waals surface area contributed by atoms with E-state index in [1.54, 1.807) is 67.9 Å². The summed E-state index contributed by atoms with van der Waals surface area (Å²) in [5.41, 5.74) is 52.3. The normalized spacial score (nSPS) is 13.1. The topological polar surface area (TPSA) is 400 Å². The van der Waals surface area contributed by atoms with Crippen LogP contribution < -0.4 is 58.1 Å². The first-order chi connectivity index (χ1) is 53.1. The van der Waals surface area contributed by atoms with Gasteiger partial charge >= 0.3 is 6.09 Å². The highest BCUT2D eigenvalue weighted by atomic mass is 35.5. The van der Waals surface area contributed by atoms with Gasteiger partial charge < -0.3 is 67.8 Å². The maximum absolute atomic E-state index is 12.1. The largest absolute Gasteiger partial charge is 0.491 e. The minimum atomic E-state index is -0.567. The van der Waals surface area contributed by atoms with Crippen LogP contribution in [0.1, 0.15) is 56.5 Å².